The molecule has 3 rings (SSSR count). The van der Waals surface area contributed by atoms with Crippen molar-refractivity contribution >= 4 is 21.5 Å². The summed E-state index contributed by atoms with van der Waals surface area (Å²) in [6.07, 6.45) is 3.20. The number of sulfonamides is 1. The fourth-order valence-corrected chi connectivity index (χ4v) is 2.60. The molecule has 0 fully saturated rings. The van der Waals surface area contributed by atoms with Gasteiger partial charge in [-0.3, -0.25) is 0 Å². The van der Waals surface area contributed by atoms with Gasteiger partial charge < -0.3 is 5.32 Å². The van der Waals surface area contributed by atoms with Crippen LogP contribution in [0.4, 0.5) is 5.82 Å². The zero-order chi connectivity index (χ0) is 15.7. The molecule has 2 aromatic heterocycles. The van der Waals surface area contributed by atoms with E-state index >= 15 is 0 Å². The Morgan fingerprint density at radius 3 is 2.95 bits per heavy atom. The van der Waals surface area contributed by atoms with Crippen LogP contribution in [0.2, 0.25) is 0 Å². The van der Waals surface area contributed by atoms with E-state index in [4.69, 9.17) is 5.14 Å². The minimum Gasteiger partial charge on any atom is -0.360 e. The number of nitrogens with zero attached hydrogens (tertiary/aromatic N) is 5. The Labute approximate surface area is 126 Å². The van der Waals surface area contributed by atoms with Gasteiger partial charge in [0.1, 0.15) is 0 Å². The smallest absolute Gasteiger partial charge is 0.238 e. The van der Waals surface area contributed by atoms with Gasteiger partial charge in [-0.15, -0.1) is 5.10 Å². The topological polar surface area (TPSA) is 128 Å². The lowest BCUT2D eigenvalue weighted by Gasteiger charge is -2.15. The fourth-order valence-electron chi connectivity index (χ4n) is 2.03. The lowest BCUT2D eigenvalue weighted by atomic mass is 10.1. The lowest BCUT2D eigenvalue weighted by molar-refractivity contribution is 0.597. The minimum absolute atomic E-state index is 0.0639. The molecule has 0 aliphatic rings. The Morgan fingerprint density at radius 1 is 1.36 bits per heavy atom. The van der Waals surface area contributed by atoms with Gasteiger partial charge in [-0.2, -0.15) is 4.52 Å². The Bertz CT molecular complexity index is 922. The summed E-state index contributed by atoms with van der Waals surface area (Å²) in [4.78, 5) is 4.26. The summed E-state index contributed by atoms with van der Waals surface area (Å²) in [5, 5.41) is 19.5. The predicted octanol–water partition coefficient (Wildman–Crippen LogP) is 0.340. The summed E-state index contributed by atoms with van der Waals surface area (Å²) >= 11 is 0. The van der Waals surface area contributed by atoms with E-state index in [2.05, 4.69) is 25.8 Å². The van der Waals surface area contributed by atoms with Crippen molar-refractivity contribution in [2.45, 2.75) is 17.9 Å². The summed E-state index contributed by atoms with van der Waals surface area (Å²) in [5.41, 5.74) is 1.24. The molecule has 2 heterocycles. The number of aromatic nitrogens is 5. The van der Waals surface area contributed by atoms with Crippen LogP contribution in [0.25, 0.3) is 5.65 Å². The first-order chi connectivity index (χ1) is 10.4. The number of nitrogens with one attached hydrogen (secondary N) is 1. The summed E-state index contributed by atoms with van der Waals surface area (Å²) in [6, 6.07) is 6.20. The molecule has 1 unspecified atom stereocenters. The van der Waals surface area contributed by atoms with Crippen LogP contribution in [-0.4, -0.2) is 33.4 Å². The predicted molar refractivity (Wildman–Crippen MR) is 78.4 cm³/mol. The van der Waals surface area contributed by atoms with Crippen molar-refractivity contribution in [1.82, 2.24) is 25.0 Å². The maximum atomic E-state index is 11.4. The Morgan fingerprint density at radius 2 is 2.18 bits per heavy atom. The average molecular weight is 319 g/mol. The van der Waals surface area contributed by atoms with Crippen LogP contribution in [-0.2, 0) is 10.0 Å². The standard InChI is InChI=1S/C12H13N7O2S/c1-8(9-3-2-4-10(7-9)22(13,20)21)15-11-12-16-17-18-19(12)6-5-14-11/h2-8H,1H3,(H,14,15)(H2,13,20,21). The number of rotatable bonds is 4. The molecule has 0 radical (unpaired) electrons. The zero-order valence-electron chi connectivity index (χ0n) is 11.6. The highest BCUT2D eigenvalue weighted by Gasteiger charge is 2.14. The van der Waals surface area contributed by atoms with Gasteiger partial charge in [0.2, 0.25) is 15.7 Å². The highest BCUT2D eigenvalue weighted by atomic mass is 32.2. The first-order valence-corrected chi connectivity index (χ1v) is 7.92. The zero-order valence-corrected chi connectivity index (χ0v) is 12.4. The van der Waals surface area contributed by atoms with Gasteiger partial charge in [-0.1, -0.05) is 12.1 Å². The van der Waals surface area contributed by atoms with Crippen molar-refractivity contribution in [3.8, 4) is 0 Å². The number of nitrogens with two attached hydrogens (primary N) is 1. The Balaban J connectivity index is 1.92. The molecule has 0 amide bonds. The van der Waals surface area contributed by atoms with E-state index in [1.165, 1.54) is 16.6 Å². The third-order valence-corrected chi connectivity index (χ3v) is 4.07. The maximum Gasteiger partial charge on any atom is 0.238 e. The van der Waals surface area contributed by atoms with Crippen molar-refractivity contribution in [2.75, 3.05) is 5.32 Å². The molecule has 3 aromatic rings. The van der Waals surface area contributed by atoms with Gasteiger partial charge in [0, 0.05) is 6.20 Å². The van der Waals surface area contributed by atoms with Crippen molar-refractivity contribution in [3.05, 3.63) is 42.2 Å². The summed E-state index contributed by atoms with van der Waals surface area (Å²) in [5.74, 6) is 0.501. The van der Waals surface area contributed by atoms with Crippen LogP contribution in [0.5, 0.6) is 0 Å². The van der Waals surface area contributed by atoms with E-state index in [0.717, 1.165) is 5.56 Å². The van der Waals surface area contributed by atoms with Gasteiger partial charge in [0.25, 0.3) is 0 Å². The van der Waals surface area contributed by atoms with E-state index < -0.39 is 10.0 Å². The first-order valence-electron chi connectivity index (χ1n) is 6.37. The Hall–Kier alpha value is -2.59. The fraction of sp³-hybridized carbons (Fsp3) is 0.167. The molecule has 0 aliphatic heterocycles. The highest BCUT2D eigenvalue weighted by molar-refractivity contribution is 7.89. The van der Waals surface area contributed by atoms with Crippen LogP contribution in [0.3, 0.4) is 0 Å². The quantitative estimate of drug-likeness (QED) is 0.709. The molecule has 0 spiro atoms. The largest absolute Gasteiger partial charge is 0.360 e. The number of primary sulfonamides is 1. The third-order valence-electron chi connectivity index (χ3n) is 3.16. The second kappa shape index (κ2) is 5.31. The number of fused-ring (bicyclic) bond motifs is 1. The molecule has 3 N–H and O–H groups in total. The Kier molecular flexibility index (Phi) is 3.47. The SMILES string of the molecule is CC(Nc1nccn2nnnc12)c1cccc(S(N)(=O)=O)c1. The molecule has 22 heavy (non-hydrogen) atoms. The first kappa shape index (κ1) is 14.4. The van der Waals surface area contributed by atoms with Gasteiger partial charge in [0.05, 0.1) is 17.1 Å². The van der Waals surface area contributed by atoms with E-state index in [0.29, 0.717) is 11.5 Å². The lowest BCUT2D eigenvalue weighted by Crippen LogP contribution is -2.14. The molecule has 0 aliphatic carbocycles. The van der Waals surface area contributed by atoms with E-state index in [9.17, 15) is 8.42 Å². The van der Waals surface area contributed by atoms with Gasteiger partial charge >= 0.3 is 0 Å². The van der Waals surface area contributed by atoms with Crippen molar-refractivity contribution in [2.24, 2.45) is 5.14 Å². The maximum absolute atomic E-state index is 11.4. The molecule has 0 saturated heterocycles. The molecular formula is C12H13N7O2S. The monoisotopic (exact) mass is 319 g/mol. The minimum atomic E-state index is -3.74. The third kappa shape index (κ3) is 2.73. The van der Waals surface area contributed by atoms with Crippen molar-refractivity contribution in [1.29, 1.82) is 0 Å². The molecular weight excluding hydrogens is 306 g/mol. The van der Waals surface area contributed by atoms with Gasteiger partial charge in [-0.25, -0.2) is 18.5 Å². The summed E-state index contributed by atoms with van der Waals surface area (Å²) in [7, 11) is -3.74. The highest BCUT2D eigenvalue weighted by Crippen LogP contribution is 2.21. The molecule has 0 saturated carbocycles. The second-order valence-corrected chi connectivity index (χ2v) is 6.27. The number of benzene rings is 1. The number of anilines is 1. The van der Waals surface area contributed by atoms with Gasteiger partial charge in [-0.05, 0) is 35.0 Å². The number of tetrazole rings is 1. The van der Waals surface area contributed by atoms with Crippen molar-refractivity contribution < 1.29 is 8.42 Å². The average Bonchev–Trinajstić information content (AvgIpc) is 2.96. The van der Waals surface area contributed by atoms with E-state index in [1.807, 2.05) is 6.92 Å². The van der Waals surface area contributed by atoms with E-state index in [1.54, 1.807) is 24.5 Å². The molecule has 10 heteroatoms. The molecule has 9 nitrogen and oxygen atoms in total. The van der Waals surface area contributed by atoms with Crippen LogP contribution in [0, 0.1) is 0 Å². The van der Waals surface area contributed by atoms with Gasteiger partial charge in [0.15, 0.2) is 5.82 Å². The van der Waals surface area contributed by atoms with E-state index in [-0.39, 0.29) is 10.9 Å². The normalized spacial score (nSPS) is 13.2. The molecule has 114 valence electrons. The van der Waals surface area contributed by atoms with Crippen molar-refractivity contribution in [3.63, 3.8) is 0 Å². The van der Waals surface area contributed by atoms with Crippen LogP contribution in [0.1, 0.15) is 18.5 Å². The summed E-state index contributed by atoms with van der Waals surface area (Å²) < 4.78 is 24.3. The second-order valence-electron chi connectivity index (χ2n) is 4.71. The van der Waals surface area contributed by atoms with Crippen LogP contribution >= 0.6 is 0 Å². The molecule has 1 aromatic carbocycles. The van der Waals surface area contributed by atoms with Crippen LogP contribution < -0.4 is 10.5 Å². The number of hydrogen-bond donors (Lipinski definition) is 2. The van der Waals surface area contributed by atoms with Crippen LogP contribution in [0.15, 0.2) is 41.6 Å². The number of hydrogen-bond acceptors (Lipinski definition) is 7. The molecule has 1 atom stereocenters. The molecule has 0 bridgehead atoms. The summed E-state index contributed by atoms with van der Waals surface area (Å²) in [6.45, 7) is 1.87.